The van der Waals surface area contributed by atoms with E-state index in [0.29, 0.717) is 0 Å². The number of carbonyl (C=O) groups is 2. The monoisotopic (exact) mass is 139 g/mol. The number of allylic oxidation sites excluding steroid dienone is 1. The molecule has 0 fully saturated rings. The van der Waals surface area contributed by atoms with Crippen LogP contribution in [0.2, 0.25) is 0 Å². The molecule has 10 heavy (non-hydrogen) atoms. The molecule has 3 heteroatoms. The Hall–Kier alpha value is -1.12. The Morgan fingerprint density at radius 1 is 1.50 bits per heavy atom. The highest BCUT2D eigenvalue weighted by molar-refractivity contribution is 6.43. The van der Waals surface area contributed by atoms with Crippen molar-refractivity contribution in [2.75, 3.05) is 7.05 Å². The molecule has 0 aromatic carbocycles. The van der Waals surface area contributed by atoms with Gasteiger partial charge in [-0.3, -0.25) is 9.59 Å². The summed E-state index contributed by atoms with van der Waals surface area (Å²) in [5, 5.41) is 0. The molecule has 1 aliphatic heterocycles. The number of hydrogen-bond donors (Lipinski definition) is 0. The zero-order chi connectivity index (χ0) is 7.72. The molecule has 0 aromatic rings. The normalized spacial score (nSPS) is 25.8. The number of nitrogens with zero attached hydrogens (tertiary/aromatic N) is 1. The fourth-order valence-corrected chi connectivity index (χ4v) is 0.787. The summed E-state index contributed by atoms with van der Waals surface area (Å²) in [6.07, 6.45) is 2.91. The Kier molecular flexibility index (Phi) is 1.57. The Morgan fingerprint density at radius 3 is 2.60 bits per heavy atom. The maximum absolute atomic E-state index is 10.9. The minimum Gasteiger partial charge on any atom is -0.370 e. The molecule has 0 saturated heterocycles. The smallest absolute Gasteiger partial charge is 0.225 e. The molecule has 0 N–H and O–H groups in total. The van der Waals surface area contributed by atoms with Crippen molar-refractivity contribution in [3.8, 4) is 0 Å². The third-order valence-electron chi connectivity index (χ3n) is 1.69. The second-order valence-electron chi connectivity index (χ2n) is 2.39. The number of ketones is 2. The minimum absolute atomic E-state index is 0.294. The second-order valence-corrected chi connectivity index (χ2v) is 2.39. The average Bonchev–Trinajstić information content (AvgIpc) is 1.93. The molecule has 0 unspecified atom stereocenters. The maximum atomic E-state index is 10.9. The van der Waals surface area contributed by atoms with Gasteiger partial charge < -0.3 is 4.90 Å². The van der Waals surface area contributed by atoms with Gasteiger partial charge in [-0.05, 0) is 6.92 Å². The molecular weight excluding hydrogens is 130 g/mol. The first kappa shape index (κ1) is 6.99. The molecule has 0 amide bonds. The van der Waals surface area contributed by atoms with E-state index in [4.69, 9.17) is 0 Å². The fourth-order valence-electron chi connectivity index (χ4n) is 0.787. The molecule has 0 aromatic heterocycles. The predicted octanol–water partition coefficient (Wildman–Crippen LogP) is -0.0278. The first-order valence-corrected chi connectivity index (χ1v) is 3.11. The first-order chi connectivity index (χ1) is 4.63. The summed E-state index contributed by atoms with van der Waals surface area (Å²) in [4.78, 5) is 23.3. The topological polar surface area (TPSA) is 37.4 Å². The molecule has 0 bridgehead atoms. The van der Waals surface area contributed by atoms with E-state index >= 15 is 0 Å². The highest BCUT2D eigenvalue weighted by Crippen LogP contribution is 2.04. The summed E-state index contributed by atoms with van der Waals surface area (Å²) in [7, 11) is 1.77. The van der Waals surface area contributed by atoms with Crippen molar-refractivity contribution >= 4 is 11.6 Å². The summed E-state index contributed by atoms with van der Waals surface area (Å²) in [5.74, 6) is -0.726. The van der Waals surface area contributed by atoms with Gasteiger partial charge >= 0.3 is 0 Å². The zero-order valence-electron chi connectivity index (χ0n) is 6.00. The minimum atomic E-state index is -0.398. The first-order valence-electron chi connectivity index (χ1n) is 3.11. The van der Waals surface area contributed by atoms with Crippen molar-refractivity contribution < 1.29 is 9.59 Å². The van der Waals surface area contributed by atoms with Gasteiger partial charge in [0.15, 0.2) is 0 Å². The van der Waals surface area contributed by atoms with Crippen LogP contribution in [0, 0.1) is 0 Å². The van der Waals surface area contributed by atoms with E-state index in [2.05, 4.69) is 0 Å². The fraction of sp³-hybridized carbons (Fsp3) is 0.429. The van der Waals surface area contributed by atoms with Crippen molar-refractivity contribution in [2.45, 2.75) is 13.0 Å². The number of Topliss-reactive ketones (excluding diaryl/α,β-unsaturated/α-hetero) is 1. The third kappa shape index (κ3) is 0.943. The van der Waals surface area contributed by atoms with Crippen molar-refractivity contribution in [1.82, 2.24) is 4.90 Å². The molecule has 1 atom stereocenters. The largest absolute Gasteiger partial charge is 0.370 e. The van der Waals surface area contributed by atoms with Gasteiger partial charge in [0.25, 0.3) is 0 Å². The van der Waals surface area contributed by atoms with E-state index in [0.717, 1.165) is 0 Å². The van der Waals surface area contributed by atoms with Gasteiger partial charge in [0, 0.05) is 19.3 Å². The molecular formula is C7H9NO2. The summed E-state index contributed by atoms with van der Waals surface area (Å²) < 4.78 is 0. The summed E-state index contributed by atoms with van der Waals surface area (Å²) in [6.45, 7) is 1.71. The predicted molar refractivity (Wildman–Crippen MR) is 36.4 cm³/mol. The van der Waals surface area contributed by atoms with Crippen molar-refractivity contribution in [3.05, 3.63) is 12.3 Å². The lowest BCUT2D eigenvalue weighted by molar-refractivity contribution is -0.136. The molecule has 3 nitrogen and oxygen atoms in total. The highest BCUT2D eigenvalue weighted by atomic mass is 16.2. The average molecular weight is 139 g/mol. The molecule has 1 rings (SSSR count). The van der Waals surface area contributed by atoms with Crippen LogP contribution in [0.1, 0.15) is 6.92 Å². The Balaban J connectivity index is 2.89. The van der Waals surface area contributed by atoms with Gasteiger partial charge in [0.1, 0.15) is 0 Å². The van der Waals surface area contributed by atoms with Crippen LogP contribution in [0.3, 0.4) is 0 Å². The van der Waals surface area contributed by atoms with Gasteiger partial charge in [-0.1, -0.05) is 0 Å². The van der Waals surface area contributed by atoms with Gasteiger partial charge in [-0.15, -0.1) is 0 Å². The van der Waals surface area contributed by atoms with E-state index < -0.39 is 5.78 Å². The molecule has 0 aliphatic carbocycles. The lowest BCUT2D eigenvalue weighted by Gasteiger charge is -2.23. The number of hydrogen-bond acceptors (Lipinski definition) is 3. The van der Waals surface area contributed by atoms with E-state index in [1.165, 1.54) is 6.08 Å². The van der Waals surface area contributed by atoms with Crippen LogP contribution in [-0.4, -0.2) is 29.6 Å². The van der Waals surface area contributed by atoms with E-state index in [1.807, 2.05) is 0 Å². The lowest BCUT2D eigenvalue weighted by Crippen LogP contribution is -2.39. The zero-order valence-corrected chi connectivity index (χ0v) is 6.00. The highest BCUT2D eigenvalue weighted by Gasteiger charge is 2.24. The maximum Gasteiger partial charge on any atom is 0.225 e. The van der Waals surface area contributed by atoms with Gasteiger partial charge in [0.2, 0.25) is 11.6 Å². The quantitative estimate of drug-likeness (QED) is 0.442. The van der Waals surface area contributed by atoms with E-state index in [9.17, 15) is 9.59 Å². The molecule has 54 valence electrons. The number of likely N-dealkylation sites (N-methyl/N-ethyl adjacent to an activating group) is 1. The SMILES string of the molecule is C[C@H]1C(=O)C(=O)C=CN1C. The van der Waals surface area contributed by atoms with Crippen LogP contribution in [0.25, 0.3) is 0 Å². The van der Waals surface area contributed by atoms with Crippen LogP contribution < -0.4 is 0 Å². The number of rotatable bonds is 0. The molecule has 0 spiro atoms. The van der Waals surface area contributed by atoms with Crippen LogP contribution in [0.15, 0.2) is 12.3 Å². The third-order valence-corrected chi connectivity index (χ3v) is 1.69. The second kappa shape index (κ2) is 2.25. The molecule has 1 aliphatic rings. The van der Waals surface area contributed by atoms with Crippen molar-refractivity contribution in [1.29, 1.82) is 0 Å². The summed E-state index contributed by atoms with van der Waals surface area (Å²) >= 11 is 0. The molecule has 1 heterocycles. The Morgan fingerprint density at radius 2 is 2.10 bits per heavy atom. The van der Waals surface area contributed by atoms with Crippen LogP contribution in [0.5, 0.6) is 0 Å². The lowest BCUT2D eigenvalue weighted by atomic mass is 10.1. The summed E-state index contributed by atoms with van der Waals surface area (Å²) in [6, 6.07) is -0.294. The summed E-state index contributed by atoms with van der Waals surface area (Å²) in [5.41, 5.74) is 0. The number of carbonyl (C=O) groups excluding carboxylic acids is 2. The molecule has 0 saturated carbocycles. The van der Waals surface area contributed by atoms with Crippen LogP contribution >= 0.6 is 0 Å². The van der Waals surface area contributed by atoms with Crippen molar-refractivity contribution in [3.63, 3.8) is 0 Å². The van der Waals surface area contributed by atoms with Crippen LogP contribution in [-0.2, 0) is 9.59 Å². The van der Waals surface area contributed by atoms with E-state index in [-0.39, 0.29) is 11.8 Å². The van der Waals surface area contributed by atoms with E-state index in [1.54, 1.807) is 25.1 Å². The van der Waals surface area contributed by atoms with Gasteiger partial charge in [-0.2, -0.15) is 0 Å². The van der Waals surface area contributed by atoms with Gasteiger partial charge in [-0.25, -0.2) is 0 Å². The Bertz CT molecular complexity index is 208. The molecule has 0 radical (unpaired) electrons. The van der Waals surface area contributed by atoms with Crippen LogP contribution in [0.4, 0.5) is 0 Å². The van der Waals surface area contributed by atoms with Gasteiger partial charge in [0.05, 0.1) is 6.04 Å². The Labute approximate surface area is 59.3 Å². The van der Waals surface area contributed by atoms with Crippen molar-refractivity contribution in [2.24, 2.45) is 0 Å². The standard InChI is InChI=1S/C7H9NO2/c1-5-7(10)6(9)3-4-8(5)2/h3-5H,1-2H3/t5-/m0/s1.